The number of amides is 4. The zero-order chi connectivity index (χ0) is 40.8. The summed E-state index contributed by atoms with van der Waals surface area (Å²) in [6.07, 6.45) is 0. The summed E-state index contributed by atoms with van der Waals surface area (Å²) in [6.45, 7) is 1.82. The highest BCUT2D eigenvalue weighted by Crippen LogP contribution is 2.30. The molecule has 0 fully saturated rings. The highest BCUT2D eigenvalue weighted by molar-refractivity contribution is 5.99. The Balaban J connectivity index is 1.43. The molecule has 12 N–H and O–H groups in total. The van der Waals surface area contributed by atoms with E-state index < -0.39 is 69.6 Å². The van der Waals surface area contributed by atoms with Gasteiger partial charge in [-0.05, 0) is 48.5 Å². The van der Waals surface area contributed by atoms with Crippen LogP contribution in [0, 0.1) is 0 Å². The molecule has 4 rings (SSSR count). The summed E-state index contributed by atoms with van der Waals surface area (Å²) in [5.41, 5.74) is -0.544. The molecule has 0 atom stereocenters. The van der Waals surface area contributed by atoms with Crippen molar-refractivity contribution in [3.05, 3.63) is 95.1 Å². The molecule has 18 nitrogen and oxygen atoms in total. The number of para-hydroxylation sites is 4. The fourth-order valence-electron chi connectivity index (χ4n) is 5.50. The highest BCUT2D eigenvalue weighted by atomic mass is 16.3. The van der Waals surface area contributed by atoms with Crippen molar-refractivity contribution < 1.29 is 60.0 Å². The Bertz CT molecular complexity index is 1750. The van der Waals surface area contributed by atoms with Crippen LogP contribution in [-0.2, 0) is 0 Å². The van der Waals surface area contributed by atoms with Gasteiger partial charge in [0.2, 0.25) is 0 Å². The van der Waals surface area contributed by atoms with E-state index in [0.717, 1.165) is 0 Å². The van der Waals surface area contributed by atoms with Gasteiger partial charge in [-0.3, -0.25) is 29.0 Å². The Morgan fingerprint density at radius 2 is 0.571 bits per heavy atom. The van der Waals surface area contributed by atoms with Crippen LogP contribution in [0.2, 0.25) is 0 Å². The summed E-state index contributed by atoms with van der Waals surface area (Å²) in [5, 5.41) is 90.3. The number of nitrogens with one attached hydrogen (secondary N) is 4. The summed E-state index contributed by atoms with van der Waals surface area (Å²) < 4.78 is 0. The Kier molecular flexibility index (Phi) is 14.9. The average Bonchev–Trinajstić information content (AvgIpc) is 3.17. The molecule has 0 heterocycles. The highest BCUT2D eigenvalue weighted by Gasteiger charge is 2.19. The maximum Gasteiger partial charge on any atom is 0.255 e. The van der Waals surface area contributed by atoms with Crippen molar-refractivity contribution in [1.82, 2.24) is 31.1 Å². The van der Waals surface area contributed by atoms with Crippen LogP contribution in [0.25, 0.3) is 0 Å². The van der Waals surface area contributed by atoms with E-state index in [0.29, 0.717) is 13.1 Å². The normalized spacial score (nSPS) is 11.0. The molecule has 56 heavy (non-hydrogen) atoms. The minimum atomic E-state index is -0.644. The largest absolute Gasteiger partial charge is 0.504 e. The summed E-state index contributed by atoms with van der Waals surface area (Å²) >= 11 is 0. The van der Waals surface area contributed by atoms with E-state index in [9.17, 15) is 60.0 Å². The van der Waals surface area contributed by atoms with E-state index in [1.54, 1.807) is 0 Å². The molecule has 298 valence electrons. The van der Waals surface area contributed by atoms with Crippen LogP contribution in [0.3, 0.4) is 0 Å². The minimum absolute atomic E-state index is 0.0716. The van der Waals surface area contributed by atoms with Crippen molar-refractivity contribution in [2.75, 3.05) is 65.4 Å². The Labute approximate surface area is 320 Å². The van der Waals surface area contributed by atoms with Gasteiger partial charge in [0.1, 0.15) is 0 Å². The van der Waals surface area contributed by atoms with Crippen LogP contribution in [-0.4, -0.2) is 140 Å². The fourth-order valence-corrected chi connectivity index (χ4v) is 5.50. The Hall–Kier alpha value is -6.92. The zero-order valence-corrected chi connectivity index (χ0v) is 30.1. The van der Waals surface area contributed by atoms with Crippen LogP contribution in [0.15, 0.2) is 72.8 Å². The van der Waals surface area contributed by atoms with Gasteiger partial charge >= 0.3 is 0 Å². The molecule has 0 unspecified atom stereocenters. The molecule has 0 aliphatic carbocycles. The summed E-state index contributed by atoms with van der Waals surface area (Å²) in [6, 6.07) is 15.9. The van der Waals surface area contributed by atoms with Crippen molar-refractivity contribution in [1.29, 1.82) is 0 Å². The molecule has 0 saturated carbocycles. The van der Waals surface area contributed by atoms with Crippen LogP contribution < -0.4 is 21.3 Å². The second-order valence-electron chi connectivity index (χ2n) is 12.4. The summed E-state index contributed by atoms with van der Waals surface area (Å²) in [4.78, 5) is 54.9. The first-order valence-corrected chi connectivity index (χ1v) is 17.4. The van der Waals surface area contributed by atoms with E-state index in [1.165, 1.54) is 72.8 Å². The standard InChI is InChI=1S/C38H44N6O12/c45-27-9-1-5-23(31(27)49)35(53)39-13-17-43(18-14-40-36(54)24-6-2-10-28(46)32(24)50)21-22-44(19-15-41-37(55)25-7-3-11-29(47)33(25)51)20-16-42-38(56)26-8-4-12-30(48)34(26)52/h1-12,45-52H,13-22H2,(H,39,53)(H,40,54)(H,41,55)(H,42,56). The number of carbonyl (C=O) groups is 4. The second kappa shape index (κ2) is 20.0. The number of phenolic OH excluding ortho intramolecular Hbond substituents is 8. The molecule has 0 saturated heterocycles. The summed E-state index contributed by atoms with van der Waals surface area (Å²) in [5.74, 6) is -6.72. The number of carbonyl (C=O) groups excluding carboxylic acids is 4. The monoisotopic (exact) mass is 776 g/mol. The summed E-state index contributed by atoms with van der Waals surface area (Å²) in [7, 11) is 0. The maximum atomic E-state index is 12.8. The van der Waals surface area contributed by atoms with Gasteiger partial charge in [0.25, 0.3) is 23.6 Å². The van der Waals surface area contributed by atoms with Crippen molar-refractivity contribution >= 4 is 23.6 Å². The number of nitrogens with zero attached hydrogens (tertiary/aromatic N) is 2. The van der Waals surface area contributed by atoms with Crippen LogP contribution in [0.4, 0.5) is 0 Å². The number of phenols is 8. The maximum absolute atomic E-state index is 12.8. The molecule has 0 spiro atoms. The van der Waals surface area contributed by atoms with Gasteiger partial charge in [0, 0.05) is 65.4 Å². The van der Waals surface area contributed by atoms with Crippen LogP contribution in [0.5, 0.6) is 46.0 Å². The first kappa shape index (κ1) is 41.8. The number of rotatable bonds is 19. The molecule has 0 aliphatic rings. The third kappa shape index (κ3) is 11.3. The topological polar surface area (TPSA) is 285 Å². The van der Waals surface area contributed by atoms with Crippen molar-refractivity contribution in [2.24, 2.45) is 0 Å². The Morgan fingerprint density at radius 1 is 0.357 bits per heavy atom. The average molecular weight is 777 g/mol. The van der Waals surface area contributed by atoms with E-state index in [1.807, 2.05) is 9.80 Å². The van der Waals surface area contributed by atoms with Gasteiger partial charge in [0.15, 0.2) is 46.0 Å². The predicted octanol–water partition coefficient (Wildman–Crippen LogP) is 0.955. The number of aromatic hydroxyl groups is 8. The lowest BCUT2D eigenvalue weighted by Crippen LogP contribution is -2.45. The third-order valence-electron chi connectivity index (χ3n) is 8.62. The van der Waals surface area contributed by atoms with Crippen molar-refractivity contribution in [2.45, 2.75) is 0 Å². The lowest BCUT2D eigenvalue weighted by Gasteiger charge is -2.28. The second-order valence-corrected chi connectivity index (χ2v) is 12.4. The third-order valence-corrected chi connectivity index (χ3v) is 8.62. The lowest BCUT2D eigenvalue weighted by molar-refractivity contribution is 0.0919. The van der Waals surface area contributed by atoms with Gasteiger partial charge < -0.3 is 62.1 Å². The van der Waals surface area contributed by atoms with Gasteiger partial charge in [-0.1, -0.05) is 24.3 Å². The van der Waals surface area contributed by atoms with E-state index in [2.05, 4.69) is 21.3 Å². The molecule has 4 amide bonds. The quantitative estimate of drug-likeness (QED) is 0.0591. The number of hydrogen-bond donors (Lipinski definition) is 12. The first-order chi connectivity index (χ1) is 26.8. The van der Waals surface area contributed by atoms with Gasteiger partial charge in [0.05, 0.1) is 22.3 Å². The van der Waals surface area contributed by atoms with Crippen molar-refractivity contribution in [3.8, 4) is 46.0 Å². The minimum Gasteiger partial charge on any atom is -0.504 e. The SMILES string of the molecule is O=C(NCCN(CCNC(=O)c1cccc(O)c1O)CCN(CCNC(=O)c1cccc(O)c1O)CCNC(=O)c1cccc(O)c1O)c1cccc(O)c1O. The van der Waals surface area contributed by atoms with E-state index in [4.69, 9.17) is 0 Å². The van der Waals surface area contributed by atoms with Gasteiger partial charge in [-0.15, -0.1) is 0 Å². The van der Waals surface area contributed by atoms with Crippen LogP contribution in [0.1, 0.15) is 41.4 Å². The molecule has 0 aliphatic heterocycles. The van der Waals surface area contributed by atoms with Crippen molar-refractivity contribution in [3.63, 3.8) is 0 Å². The molecular weight excluding hydrogens is 732 g/mol. The first-order valence-electron chi connectivity index (χ1n) is 17.4. The molecule has 0 aromatic heterocycles. The van der Waals surface area contributed by atoms with Gasteiger partial charge in [-0.2, -0.15) is 0 Å². The predicted molar refractivity (Wildman–Crippen MR) is 201 cm³/mol. The zero-order valence-electron chi connectivity index (χ0n) is 30.1. The lowest BCUT2D eigenvalue weighted by atomic mass is 10.1. The molecule has 4 aromatic rings. The van der Waals surface area contributed by atoms with Crippen LogP contribution >= 0.6 is 0 Å². The fraction of sp³-hybridized carbons (Fsp3) is 0.263. The van der Waals surface area contributed by atoms with Gasteiger partial charge in [-0.25, -0.2) is 0 Å². The number of benzene rings is 4. The molecular formula is C38H44N6O12. The molecule has 0 radical (unpaired) electrons. The smallest absolute Gasteiger partial charge is 0.255 e. The number of hydrogen-bond acceptors (Lipinski definition) is 14. The molecule has 0 bridgehead atoms. The molecule has 4 aromatic carbocycles. The Morgan fingerprint density at radius 3 is 0.786 bits per heavy atom. The molecule has 18 heteroatoms. The van der Waals surface area contributed by atoms with E-state index >= 15 is 0 Å². The van der Waals surface area contributed by atoms with E-state index in [-0.39, 0.29) is 74.6 Å².